The molecule has 0 heterocycles. The van der Waals surface area contributed by atoms with Crippen LogP contribution < -0.4 is 4.74 Å². The fraction of sp³-hybridized carbons (Fsp3) is 0.381. The largest absolute Gasteiger partial charge is 0.493 e. The Bertz CT molecular complexity index is 1710. The molecule has 0 radical (unpaired) electrons. The van der Waals surface area contributed by atoms with Gasteiger partial charge in [-0.25, -0.2) is 0 Å². The number of hydrogen-bond donors (Lipinski definition) is 0. The van der Waals surface area contributed by atoms with E-state index in [0.717, 1.165) is 44.3 Å². The van der Waals surface area contributed by atoms with E-state index in [9.17, 15) is 9.59 Å². The van der Waals surface area contributed by atoms with Crippen LogP contribution in [0, 0.1) is 17.3 Å². The highest BCUT2D eigenvalue weighted by Crippen LogP contribution is 2.42. The highest BCUT2D eigenvalue weighted by Gasteiger charge is 2.34. The molecule has 0 unspecified atom stereocenters. The van der Waals surface area contributed by atoms with Crippen LogP contribution in [-0.2, 0) is 6.42 Å². The molecule has 2 aliphatic carbocycles. The normalized spacial score (nSPS) is 17.7. The molecule has 1 saturated carbocycles. The van der Waals surface area contributed by atoms with Gasteiger partial charge in [-0.05, 0) is 110 Å². The van der Waals surface area contributed by atoms with Crippen LogP contribution in [0.25, 0.3) is 0 Å². The minimum absolute atomic E-state index is 0.0865. The smallest absolute Gasteiger partial charge is 0.195 e. The number of unbranched alkanes of at least 4 members (excludes halogenated alkanes) is 2. The van der Waals surface area contributed by atoms with E-state index >= 15 is 0 Å². The number of ketones is 2. The molecule has 0 amide bonds. The van der Waals surface area contributed by atoms with Crippen molar-refractivity contribution in [3.8, 4) is 5.75 Å². The van der Waals surface area contributed by atoms with E-state index in [2.05, 4.69) is 52.0 Å². The third-order valence-corrected chi connectivity index (χ3v) is 12.0. The maximum atomic E-state index is 14.0. The Balaban J connectivity index is 1.13. The molecule has 4 aromatic carbocycles. The van der Waals surface area contributed by atoms with Gasteiger partial charge in [-0.15, -0.1) is 0 Å². The number of carbonyl (C=O) groups excluding carboxylic acids is 2. The third-order valence-electron chi connectivity index (χ3n) is 9.82. The van der Waals surface area contributed by atoms with Crippen LogP contribution in [0.3, 0.4) is 0 Å². The van der Waals surface area contributed by atoms with Gasteiger partial charge in [0.05, 0.1) is 6.61 Å². The first-order chi connectivity index (χ1) is 22.7. The van der Waals surface area contributed by atoms with E-state index in [-0.39, 0.29) is 11.6 Å². The van der Waals surface area contributed by atoms with E-state index < -0.39 is 0 Å². The second-order valence-corrected chi connectivity index (χ2v) is 16.4. The van der Waals surface area contributed by atoms with Gasteiger partial charge in [-0.3, -0.25) is 9.59 Å². The van der Waals surface area contributed by atoms with Gasteiger partial charge in [0.15, 0.2) is 11.6 Å². The van der Waals surface area contributed by atoms with Crippen LogP contribution in [0.5, 0.6) is 5.75 Å². The fourth-order valence-corrected chi connectivity index (χ4v) is 8.87. The Morgan fingerprint density at radius 3 is 1.72 bits per heavy atom. The van der Waals surface area contributed by atoms with Crippen molar-refractivity contribution in [2.45, 2.75) is 98.6 Å². The van der Waals surface area contributed by atoms with Gasteiger partial charge in [-0.1, -0.05) is 100 Å². The fourth-order valence-electron chi connectivity index (χ4n) is 6.92. The predicted octanol–water partition coefficient (Wildman–Crippen LogP) is 11.7. The summed E-state index contributed by atoms with van der Waals surface area (Å²) in [6.07, 6.45) is 9.77. The molecule has 6 rings (SSSR count). The molecule has 0 saturated heterocycles. The van der Waals surface area contributed by atoms with Crippen molar-refractivity contribution in [3.05, 3.63) is 113 Å². The minimum atomic E-state index is -0.0902. The van der Waals surface area contributed by atoms with Crippen molar-refractivity contribution < 1.29 is 14.3 Å². The van der Waals surface area contributed by atoms with Crippen molar-refractivity contribution in [3.63, 3.8) is 0 Å². The highest BCUT2D eigenvalue weighted by molar-refractivity contribution is 7.99. The summed E-state index contributed by atoms with van der Waals surface area (Å²) in [4.78, 5) is 31.7. The molecule has 2 aliphatic rings. The number of aryl methyl sites for hydroxylation is 1. The SMILES string of the molecule is CCCCCc1ccc(Sc2cccc3c2C(=O)c2cccc(Sc4ccc(OCC5CCC(C(C)(C)C)CC5)cc4)c2C3=O)cc1. The topological polar surface area (TPSA) is 43.4 Å². The zero-order chi connectivity index (χ0) is 33.0. The summed E-state index contributed by atoms with van der Waals surface area (Å²) in [6.45, 7) is 10.1. The van der Waals surface area contributed by atoms with E-state index in [0.29, 0.717) is 33.6 Å². The van der Waals surface area contributed by atoms with Crippen molar-refractivity contribution in [1.82, 2.24) is 0 Å². The molecular weight excluding hydrogens is 617 g/mol. The van der Waals surface area contributed by atoms with E-state index in [1.807, 2.05) is 48.5 Å². The lowest BCUT2D eigenvalue weighted by Crippen LogP contribution is -2.27. The molecule has 244 valence electrons. The van der Waals surface area contributed by atoms with Gasteiger partial charge < -0.3 is 4.74 Å². The zero-order valence-corrected chi connectivity index (χ0v) is 29.8. The maximum Gasteiger partial charge on any atom is 0.195 e. The second kappa shape index (κ2) is 14.9. The quantitative estimate of drug-likeness (QED) is 0.132. The van der Waals surface area contributed by atoms with Crippen LogP contribution in [0.1, 0.15) is 110 Å². The van der Waals surface area contributed by atoms with Crippen LogP contribution >= 0.6 is 23.5 Å². The van der Waals surface area contributed by atoms with Gasteiger partial charge >= 0.3 is 0 Å². The average Bonchev–Trinajstić information content (AvgIpc) is 3.07. The summed E-state index contributed by atoms with van der Waals surface area (Å²) < 4.78 is 6.20. The highest BCUT2D eigenvalue weighted by atomic mass is 32.2. The number of hydrogen-bond acceptors (Lipinski definition) is 5. The third kappa shape index (κ3) is 7.90. The average molecular weight is 663 g/mol. The summed E-state index contributed by atoms with van der Waals surface area (Å²) in [6, 6.07) is 28.0. The monoisotopic (exact) mass is 662 g/mol. The maximum absolute atomic E-state index is 14.0. The molecule has 0 spiro atoms. The van der Waals surface area contributed by atoms with E-state index in [4.69, 9.17) is 4.74 Å². The number of benzene rings is 4. The first kappa shape index (κ1) is 33.6. The van der Waals surface area contributed by atoms with Crippen LogP contribution in [0.4, 0.5) is 0 Å². The molecule has 4 aromatic rings. The lowest BCUT2D eigenvalue weighted by Gasteiger charge is -2.36. The van der Waals surface area contributed by atoms with Gasteiger partial charge in [0.25, 0.3) is 0 Å². The van der Waals surface area contributed by atoms with Gasteiger partial charge in [0, 0.05) is 41.8 Å². The van der Waals surface area contributed by atoms with Gasteiger partial charge in [0.1, 0.15) is 5.75 Å². The summed E-state index contributed by atoms with van der Waals surface area (Å²) in [5.41, 5.74) is 3.70. The molecule has 47 heavy (non-hydrogen) atoms. The Morgan fingerprint density at radius 1 is 0.681 bits per heavy atom. The Hall–Kier alpha value is -3.28. The zero-order valence-electron chi connectivity index (χ0n) is 28.1. The molecule has 0 atom stereocenters. The molecule has 0 bridgehead atoms. The summed E-state index contributed by atoms with van der Waals surface area (Å²) >= 11 is 3.07. The lowest BCUT2D eigenvalue weighted by atomic mass is 9.70. The van der Waals surface area contributed by atoms with Crippen LogP contribution in [0.15, 0.2) is 105 Å². The lowest BCUT2D eigenvalue weighted by molar-refractivity contribution is 0.0974. The predicted molar refractivity (Wildman–Crippen MR) is 195 cm³/mol. The van der Waals surface area contributed by atoms with Crippen LogP contribution in [0.2, 0.25) is 0 Å². The Labute approximate surface area is 289 Å². The molecule has 0 N–H and O–H groups in total. The summed E-state index contributed by atoms with van der Waals surface area (Å²) in [7, 11) is 0. The molecule has 5 heteroatoms. The number of rotatable bonds is 11. The van der Waals surface area contributed by atoms with Crippen molar-refractivity contribution in [2.75, 3.05) is 6.61 Å². The minimum Gasteiger partial charge on any atom is -0.493 e. The molecule has 3 nitrogen and oxygen atoms in total. The molecule has 1 fully saturated rings. The molecule has 0 aliphatic heterocycles. The van der Waals surface area contributed by atoms with Crippen molar-refractivity contribution in [1.29, 1.82) is 0 Å². The Morgan fingerprint density at radius 2 is 1.21 bits per heavy atom. The number of fused-ring (bicyclic) bond motifs is 2. The van der Waals surface area contributed by atoms with E-state index in [1.54, 1.807) is 23.9 Å². The Kier molecular flexibility index (Phi) is 10.6. The molecular formula is C42H46O3S2. The summed E-state index contributed by atoms with van der Waals surface area (Å²) in [5, 5.41) is 0. The van der Waals surface area contributed by atoms with Crippen molar-refractivity contribution in [2.24, 2.45) is 17.3 Å². The van der Waals surface area contributed by atoms with Gasteiger partial charge in [0.2, 0.25) is 0 Å². The summed E-state index contributed by atoms with van der Waals surface area (Å²) in [5.74, 6) is 2.12. The first-order valence-corrected chi connectivity index (χ1v) is 18.9. The number of carbonyl (C=O) groups is 2. The first-order valence-electron chi connectivity index (χ1n) is 17.2. The number of ether oxygens (including phenoxy) is 1. The standard InChI is InChI=1S/C42H46O3S2/c1-5-6-7-10-28-17-23-32(24-18-28)46-36-13-8-11-34-38(36)40(43)35-12-9-14-37(39(35)41(34)44)47-33-25-21-31(22-26-33)45-27-29-15-19-30(20-16-29)42(2,3)4/h8-9,11-14,17-18,21-26,29-30H,5-7,10,15-16,19-20,27H2,1-4H3. The van der Waals surface area contributed by atoms with Gasteiger partial charge in [-0.2, -0.15) is 0 Å². The second-order valence-electron chi connectivity index (χ2n) is 14.2. The van der Waals surface area contributed by atoms with Crippen LogP contribution in [-0.4, -0.2) is 18.2 Å². The van der Waals surface area contributed by atoms with E-state index in [1.165, 1.54) is 62.3 Å². The molecule has 0 aromatic heterocycles. The van der Waals surface area contributed by atoms with Crippen molar-refractivity contribution >= 4 is 35.1 Å².